The molecule has 1 aromatic heterocycles. The van der Waals surface area contributed by atoms with Gasteiger partial charge in [-0.25, -0.2) is 4.98 Å². The van der Waals surface area contributed by atoms with E-state index in [1.54, 1.807) is 0 Å². The number of aliphatic hydroxyl groups excluding tert-OH is 1. The number of rotatable bonds is 3. The molecule has 2 heterocycles. The largest absolute Gasteiger partial charge is 0.392 e. The summed E-state index contributed by atoms with van der Waals surface area (Å²) in [5.41, 5.74) is 0.914. The number of aromatic nitrogens is 1. The van der Waals surface area contributed by atoms with Crippen molar-refractivity contribution in [3.8, 4) is 0 Å². The summed E-state index contributed by atoms with van der Waals surface area (Å²) in [6, 6.07) is 1.97. The fraction of sp³-hybridized carbons (Fsp3) is 0.667. The van der Waals surface area contributed by atoms with Gasteiger partial charge >= 0.3 is 0 Å². The fourth-order valence-electron chi connectivity index (χ4n) is 2.88. The molecule has 1 aliphatic rings. The zero-order chi connectivity index (χ0) is 13.8. The van der Waals surface area contributed by atoms with Crippen LogP contribution in [0.25, 0.3) is 0 Å². The van der Waals surface area contributed by atoms with Crippen LogP contribution in [0.5, 0.6) is 0 Å². The Morgan fingerprint density at radius 2 is 2.21 bits per heavy atom. The van der Waals surface area contributed by atoms with Crippen LogP contribution in [-0.4, -0.2) is 23.2 Å². The number of nitrogens with zero attached hydrogens (tertiary/aromatic N) is 2. The lowest BCUT2D eigenvalue weighted by molar-refractivity contribution is 0.281. The van der Waals surface area contributed by atoms with Crippen LogP contribution >= 0.6 is 15.9 Å². The zero-order valence-electron chi connectivity index (χ0n) is 11.8. The highest BCUT2D eigenvalue weighted by molar-refractivity contribution is 9.10. The van der Waals surface area contributed by atoms with E-state index in [-0.39, 0.29) is 6.61 Å². The third kappa shape index (κ3) is 3.69. The van der Waals surface area contributed by atoms with Crippen molar-refractivity contribution in [2.75, 3.05) is 18.0 Å². The Hall–Kier alpha value is -0.610. The van der Waals surface area contributed by atoms with E-state index in [9.17, 15) is 5.11 Å². The van der Waals surface area contributed by atoms with Crippen LogP contribution in [0, 0.1) is 11.8 Å². The molecule has 0 radical (unpaired) electrons. The molecule has 1 atom stereocenters. The lowest BCUT2D eigenvalue weighted by atomic mass is 9.89. The number of aliphatic hydroxyl groups is 1. The minimum absolute atomic E-state index is 0.0475. The summed E-state index contributed by atoms with van der Waals surface area (Å²) in [7, 11) is 0. The second-order valence-electron chi connectivity index (χ2n) is 5.72. The van der Waals surface area contributed by atoms with Gasteiger partial charge < -0.3 is 10.0 Å². The van der Waals surface area contributed by atoms with Crippen molar-refractivity contribution in [2.24, 2.45) is 11.8 Å². The standard InChI is InChI=1S/C15H23BrN2O/c1-11(2)12-4-3-6-18(7-5-12)15-13(10-19)8-14(16)9-17-15/h8-9,11-12,19H,3-7,10H2,1-2H3. The Morgan fingerprint density at radius 1 is 1.42 bits per heavy atom. The summed E-state index contributed by atoms with van der Waals surface area (Å²) in [6.07, 6.45) is 5.56. The number of hydrogen-bond donors (Lipinski definition) is 1. The quantitative estimate of drug-likeness (QED) is 0.921. The Bertz CT molecular complexity index is 423. The van der Waals surface area contributed by atoms with Crippen molar-refractivity contribution in [2.45, 2.75) is 39.7 Å². The van der Waals surface area contributed by atoms with Gasteiger partial charge in [-0.05, 0) is 53.1 Å². The van der Waals surface area contributed by atoms with Crippen LogP contribution < -0.4 is 4.90 Å². The van der Waals surface area contributed by atoms with Crippen molar-refractivity contribution in [1.82, 2.24) is 4.98 Å². The Balaban J connectivity index is 2.14. The van der Waals surface area contributed by atoms with Gasteiger partial charge in [-0.1, -0.05) is 13.8 Å². The summed E-state index contributed by atoms with van der Waals surface area (Å²) in [5.74, 6) is 2.53. The maximum absolute atomic E-state index is 9.50. The predicted octanol–water partition coefficient (Wildman–Crippen LogP) is 3.60. The summed E-state index contributed by atoms with van der Waals surface area (Å²) in [4.78, 5) is 6.84. The minimum atomic E-state index is 0.0475. The number of halogens is 1. The molecular weight excluding hydrogens is 304 g/mol. The SMILES string of the molecule is CC(C)C1CCCN(c2ncc(Br)cc2CO)CC1. The summed E-state index contributed by atoms with van der Waals surface area (Å²) in [6.45, 7) is 6.77. The molecule has 1 fully saturated rings. The van der Waals surface area contributed by atoms with E-state index in [1.165, 1.54) is 19.3 Å². The van der Waals surface area contributed by atoms with Crippen molar-refractivity contribution in [3.63, 3.8) is 0 Å². The van der Waals surface area contributed by atoms with Gasteiger partial charge in [0.15, 0.2) is 0 Å². The molecule has 0 aliphatic carbocycles. The highest BCUT2D eigenvalue weighted by Crippen LogP contribution is 2.28. The van der Waals surface area contributed by atoms with E-state index in [1.807, 2.05) is 12.3 Å². The number of hydrogen-bond acceptors (Lipinski definition) is 3. The second-order valence-corrected chi connectivity index (χ2v) is 6.63. The summed E-state index contributed by atoms with van der Waals surface area (Å²) >= 11 is 3.41. The Kier molecular flexibility index (Phi) is 5.22. The molecular formula is C15H23BrN2O. The highest BCUT2D eigenvalue weighted by atomic mass is 79.9. The molecule has 0 amide bonds. The van der Waals surface area contributed by atoms with Gasteiger partial charge in [0.1, 0.15) is 5.82 Å². The van der Waals surface area contributed by atoms with Gasteiger partial charge in [-0.3, -0.25) is 0 Å². The van der Waals surface area contributed by atoms with Crippen LogP contribution in [0.15, 0.2) is 16.7 Å². The molecule has 1 aliphatic heterocycles. The molecule has 0 bridgehead atoms. The molecule has 1 unspecified atom stereocenters. The van der Waals surface area contributed by atoms with Gasteiger partial charge in [-0.15, -0.1) is 0 Å². The molecule has 3 nitrogen and oxygen atoms in total. The first-order chi connectivity index (χ1) is 9.11. The average Bonchev–Trinajstić information content (AvgIpc) is 2.64. The normalized spacial score (nSPS) is 20.7. The molecule has 0 spiro atoms. The lowest BCUT2D eigenvalue weighted by Crippen LogP contribution is -2.26. The molecule has 2 rings (SSSR count). The topological polar surface area (TPSA) is 36.4 Å². The van der Waals surface area contributed by atoms with Crippen molar-refractivity contribution in [1.29, 1.82) is 0 Å². The van der Waals surface area contributed by atoms with Crippen LogP contribution in [0.4, 0.5) is 5.82 Å². The van der Waals surface area contributed by atoms with Crippen molar-refractivity contribution < 1.29 is 5.11 Å². The molecule has 106 valence electrons. The first kappa shape index (κ1) is 14.8. The lowest BCUT2D eigenvalue weighted by Gasteiger charge is -2.24. The first-order valence-electron chi connectivity index (χ1n) is 7.12. The molecule has 1 N–H and O–H groups in total. The van der Waals surface area contributed by atoms with Crippen LogP contribution in [0.3, 0.4) is 0 Å². The van der Waals surface area contributed by atoms with Gasteiger partial charge in [0, 0.05) is 29.3 Å². The Morgan fingerprint density at radius 3 is 2.89 bits per heavy atom. The fourth-order valence-corrected chi connectivity index (χ4v) is 3.25. The highest BCUT2D eigenvalue weighted by Gasteiger charge is 2.21. The minimum Gasteiger partial charge on any atom is -0.392 e. The van der Waals surface area contributed by atoms with E-state index in [2.05, 4.69) is 39.7 Å². The zero-order valence-corrected chi connectivity index (χ0v) is 13.4. The van der Waals surface area contributed by atoms with Crippen LogP contribution in [0.2, 0.25) is 0 Å². The van der Waals surface area contributed by atoms with E-state index in [0.29, 0.717) is 0 Å². The summed E-state index contributed by atoms with van der Waals surface area (Å²) in [5, 5.41) is 9.50. The summed E-state index contributed by atoms with van der Waals surface area (Å²) < 4.78 is 0.926. The third-order valence-electron chi connectivity index (χ3n) is 4.09. The van der Waals surface area contributed by atoms with Crippen LogP contribution in [0.1, 0.15) is 38.7 Å². The van der Waals surface area contributed by atoms with Gasteiger partial charge in [0.2, 0.25) is 0 Å². The van der Waals surface area contributed by atoms with Crippen molar-refractivity contribution in [3.05, 3.63) is 22.3 Å². The molecule has 0 saturated carbocycles. The average molecular weight is 327 g/mol. The van der Waals surface area contributed by atoms with Gasteiger partial charge in [-0.2, -0.15) is 0 Å². The predicted molar refractivity (Wildman–Crippen MR) is 82.3 cm³/mol. The van der Waals surface area contributed by atoms with Gasteiger partial charge in [0.05, 0.1) is 6.61 Å². The monoisotopic (exact) mass is 326 g/mol. The van der Waals surface area contributed by atoms with E-state index in [4.69, 9.17) is 0 Å². The van der Waals surface area contributed by atoms with Crippen LogP contribution in [-0.2, 0) is 6.61 Å². The number of pyridine rings is 1. The van der Waals surface area contributed by atoms with E-state index >= 15 is 0 Å². The Labute approximate surface area is 124 Å². The maximum atomic E-state index is 9.50. The number of anilines is 1. The second kappa shape index (κ2) is 6.71. The maximum Gasteiger partial charge on any atom is 0.134 e. The van der Waals surface area contributed by atoms with E-state index in [0.717, 1.165) is 40.8 Å². The molecule has 1 aromatic rings. The molecule has 0 aromatic carbocycles. The first-order valence-corrected chi connectivity index (χ1v) is 7.91. The molecule has 4 heteroatoms. The molecule has 19 heavy (non-hydrogen) atoms. The third-order valence-corrected chi connectivity index (χ3v) is 4.53. The van der Waals surface area contributed by atoms with Gasteiger partial charge in [0.25, 0.3) is 0 Å². The molecule has 1 saturated heterocycles. The van der Waals surface area contributed by atoms with Crippen molar-refractivity contribution >= 4 is 21.7 Å². The smallest absolute Gasteiger partial charge is 0.134 e. The van der Waals surface area contributed by atoms with E-state index < -0.39 is 0 Å².